The zero-order chi connectivity index (χ0) is 23.9. The van der Waals surface area contributed by atoms with Crippen LogP contribution in [-0.2, 0) is 0 Å². The zero-order valence-electron chi connectivity index (χ0n) is 17.7. The molecule has 0 aliphatic rings. The van der Waals surface area contributed by atoms with Crippen LogP contribution in [0.25, 0.3) is 11.4 Å². The van der Waals surface area contributed by atoms with E-state index in [4.69, 9.17) is 10.2 Å². The Morgan fingerprint density at radius 3 is 1.24 bits per heavy atom. The molecule has 0 spiro atoms. The average Bonchev–Trinajstić information content (AvgIpc) is 2.87. The minimum absolute atomic E-state index is 0.211. The smallest absolute Gasteiger partial charge is 0.335 e. The van der Waals surface area contributed by atoms with E-state index >= 15 is 0 Å². The summed E-state index contributed by atoms with van der Waals surface area (Å²) in [5, 5.41) is 18.0. The third kappa shape index (κ3) is 5.53. The molecule has 162 valence electrons. The van der Waals surface area contributed by atoms with Crippen LogP contribution in [0.5, 0.6) is 0 Å². The molecule has 0 atom stereocenters. The molecule has 0 unspecified atom stereocenters. The third-order valence-corrected chi connectivity index (χ3v) is 4.75. The molecule has 34 heavy (non-hydrogen) atoms. The minimum atomic E-state index is -0.978. The van der Waals surface area contributed by atoms with E-state index in [-0.39, 0.29) is 11.1 Å². The molecule has 0 bridgehead atoms. The van der Waals surface area contributed by atoms with Crippen molar-refractivity contribution in [1.29, 1.82) is 0 Å². The van der Waals surface area contributed by atoms with Crippen LogP contribution in [0.3, 0.4) is 0 Å². The number of hydrogen-bond donors (Lipinski definition) is 2. The van der Waals surface area contributed by atoms with Crippen molar-refractivity contribution in [3.63, 3.8) is 0 Å². The summed E-state index contributed by atoms with van der Waals surface area (Å²) in [6.45, 7) is 0. The SMILES string of the molecule is O=C(O)c1ccc(C#Cc2ccnc(-c3cc(C#Cc4ccc(C(=O)O)cc4)ccn3)c2)cc1. The van der Waals surface area contributed by atoms with Gasteiger partial charge in [0.2, 0.25) is 0 Å². The number of aromatic nitrogens is 2. The van der Waals surface area contributed by atoms with Gasteiger partial charge in [-0.05, 0) is 72.8 Å². The molecule has 0 aliphatic heterocycles. The van der Waals surface area contributed by atoms with Crippen molar-refractivity contribution in [2.75, 3.05) is 0 Å². The van der Waals surface area contributed by atoms with Crippen molar-refractivity contribution in [2.45, 2.75) is 0 Å². The Labute approximate surface area is 195 Å². The number of rotatable bonds is 3. The highest BCUT2D eigenvalue weighted by Gasteiger charge is 2.04. The van der Waals surface area contributed by atoms with E-state index in [0.29, 0.717) is 22.5 Å². The maximum atomic E-state index is 11.0. The summed E-state index contributed by atoms with van der Waals surface area (Å²) in [4.78, 5) is 30.7. The van der Waals surface area contributed by atoms with Crippen LogP contribution in [-0.4, -0.2) is 32.1 Å². The second kappa shape index (κ2) is 9.95. The summed E-state index contributed by atoms with van der Waals surface area (Å²) in [5.41, 5.74) is 4.59. The fourth-order valence-corrected chi connectivity index (χ4v) is 2.98. The molecule has 2 N–H and O–H groups in total. The number of aromatic carboxylic acids is 2. The summed E-state index contributed by atoms with van der Waals surface area (Å²) >= 11 is 0. The lowest BCUT2D eigenvalue weighted by Crippen LogP contribution is -1.95. The van der Waals surface area contributed by atoms with Crippen LogP contribution >= 0.6 is 0 Å². The van der Waals surface area contributed by atoms with Gasteiger partial charge >= 0.3 is 11.9 Å². The fourth-order valence-electron chi connectivity index (χ4n) is 2.98. The van der Waals surface area contributed by atoms with Crippen molar-refractivity contribution in [1.82, 2.24) is 9.97 Å². The summed E-state index contributed by atoms with van der Waals surface area (Å²) in [5.74, 6) is 10.2. The molecule has 0 saturated carbocycles. The van der Waals surface area contributed by atoms with Crippen LogP contribution < -0.4 is 0 Å². The Kier molecular flexibility index (Phi) is 6.44. The first-order valence-corrected chi connectivity index (χ1v) is 10.1. The zero-order valence-corrected chi connectivity index (χ0v) is 17.7. The van der Waals surface area contributed by atoms with E-state index in [1.807, 2.05) is 12.1 Å². The van der Waals surface area contributed by atoms with Gasteiger partial charge < -0.3 is 10.2 Å². The van der Waals surface area contributed by atoms with Gasteiger partial charge in [-0.25, -0.2) is 9.59 Å². The van der Waals surface area contributed by atoms with E-state index in [9.17, 15) is 9.59 Å². The number of carbonyl (C=O) groups is 2. The summed E-state index contributed by atoms with van der Waals surface area (Å²) in [6, 6.07) is 19.9. The molecular formula is C28H16N2O4. The van der Waals surface area contributed by atoms with Gasteiger partial charge in [0.15, 0.2) is 0 Å². The first-order chi connectivity index (χ1) is 16.5. The molecule has 0 radical (unpaired) electrons. The second-order valence-corrected chi connectivity index (χ2v) is 7.12. The Hall–Kier alpha value is -5.20. The molecule has 2 heterocycles. The van der Waals surface area contributed by atoms with Crippen molar-refractivity contribution in [2.24, 2.45) is 0 Å². The molecule has 2 aromatic carbocycles. The highest BCUT2D eigenvalue weighted by molar-refractivity contribution is 5.88. The van der Waals surface area contributed by atoms with Gasteiger partial charge in [0.05, 0.1) is 22.5 Å². The fraction of sp³-hybridized carbons (Fsp3) is 0. The maximum Gasteiger partial charge on any atom is 0.335 e. The molecule has 0 fully saturated rings. The Balaban J connectivity index is 1.54. The van der Waals surface area contributed by atoms with E-state index in [1.165, 1.54) is 24.3 Å². The van der Waals surface area contributed by atoms with Gasteiger partial charge in [0.1, 0.15) is 0 Å². The molecule has 6 nitrogen and oxygen atoms in total. The summed E-state index contributed by atoms with van der Waals surface area (Å²) in [7, 11) is 0. The first kappa shape index (κ1) is 22.0. The van der Waals surface area contributed by atoms with Gasteiger partial charge in [-0.3, -0.25) is 9.97 Å². The number of benzene rings is 2. The number of carboxylic acid groups (broad SMARTS) is 2. The largest absolute Gasteiger partial charge is 0.478 e. The van der Waals surface area contributed by atoms with Crippen molar-refractivity contribution < 1.29 is 19.8 Å². The van der Waals surface area contributed by atoms with Crippen LogP contribution in [0.2, 0.25) is 0 Å². The molecule has 0 saturated heterocycles. The molecule has 6 heteroatoms. The number of hydrogen-bond acceptors (Lipinski definition) is 4. The van der Waals surface area contributed by atoms with E-state index in [0.717, 1.165) is 11.1 Å². The highest BCUT2D eigenvalue weighted by Crippen LogP contribution is 2.16. The predicted octanol–water partition coefficient (Wildman–Crippen LogP) is 4.34. The lowest BCUT2D eigenvalue weighted by Gasteiger charge is -2.01. The molecule has 0 aliphatic carbocycles. The lowest BCUT2D eigenvalue weighted by molar-refractivity contribution is 0.0686. The van der Waals surface area contributed by atoms with Gasteiger partial charge in [-0.1, -0.05) is 23.7 Å². The molecule has 0 amide bonds. The van der Waals surface area contributed by atoms with E-state index in [1.54, 1.807) is 48.8 Å². The predicted molar refractivity (Wildman–Crippen MR) is 126 cm³/mol. The van der Waals surface area contributed by atoms with Crippen molar-refractivity contribution in [3.05, 3.63) is 119 Å². The molecular weight excluding hydrogens is 428 g/mol. The Morgan fingerprint density at radius 1 is 0.529 bits per heavy atom. The quantitative estimate of drug-likeness (QED) is 0.456. The van der Waals surface area contributed by atoms with Gasteiger partial charge in [-0.2, -0.15) is 0 Å². The van der Waals surface area contributed by atoms with Gasteiger partial charge in [0.25, 0.3) is 0 Å². The summed E-state index contributed by atoms with van der Waals surface area (Å²) < 4.78 is 0. The van der Waals surface area contributed by atoms with Crippen molar-refractivity contribution >= 4 is 11.9 Å². The lowest BCUT2D eigenvalue weighted by atomic mass is 10.1. The van der Waals surface area contributed by atoms with Crippen LogP contribution in [0.4, 0.5) is 0 Å². The number of carboxylic acids is 2. The van der Waals surface area contributed by atoms with Crippen LogP contribution in [0.15, 0.2) is 85.2 Å². The number of pyridine rings is 2. The maximum absolute atomic E-state index is 11.0. The van der Waals surface area contributed by atoms with E-state index in [2.05, 4.69) is 33.6 Å². The van der Waals surface area contributed by atoms with E-state index < -0.39 is 11.9 Å². The van der Waals surface area contributed by atoms with Crippen LogP contribution in [0, 0.1) is 23.7 Å². The molecule has 4 rings (SSSR count). The van der Waals surface area contributed by atoms with Gasteiger partial charge in [-0.15, -0.1) is 0 Å². The standard InChI is InChI=1S/C28H16N2O4/c31-27(32)23-9-5-19(6-10-23)1-3-21-13-15-29-25(17-21)26-18-22(14-16-30-26)4-2-20-7-11-24(12-8-20)28(33)34/h5-18H,(H,31,32)(H,33,34). The number of nitrogens with zero attached hydrogens (tertiary/aromatic N) is 2. The monoisotopic (exact) mass is 444 g/mol. The third-order valence-electron chi connectivity index (χ3n) is 4.75. The topological polar surface area (TPSA) is 100 Å². The first-order valence-electron chi connectivity index (χ1n) is 10.1. The minimum Gasteiger partial charge on any atom is -0.478 e. The highest BCUT2D eigenvalue weighted by atomic mass is 16.4. The van der Waals surface area contributed by atoms with Crippen molar-refractivity contribution in [3.8, 4) is 35.1 Å². The average molecular weight is 444 g/mol. The second-order valence-electron chi connectivity index (χ2n) is 7.12. The Morgan fingerprint density at radius 2 is 0.882 bits per heavy atom. The summed E-state index contributed by atoms with van der Waals surface area (Å²) in [6.07, 6.45) is 3.30. The Bertz CT molecular complexity index is 1380. The molecule has 2 aromatic heterocycles. The van der Waals surface area contributed by atoms with Gasteiger partial charge in [0, 0.05) is 34.6 Å². The molecule has 4 aromatic rings. The normalized spacial score (nSPS) is 9.76. The van der Waals surface area contributed by atoms with Crippen LogP contribution in [0.1, 0.15) is 43.0 Å².